The Morgan fingerprint density at radius 3 is 2.36 bits per heavy atom. The smallest absolute Gasteiger partial charge is 0.318 e. The largest absolute Gasteiger partial charge is 0.370 e. The molecule has 0 fully saturated rings. The summed E-state index contributed by atoms with van der Waals surface area (Å²) in [5, 5.41) is 7.31. The molecule has 33 heavy (non-hydrogen) atoms. The van der Waals surface area contributed by atoms with E-state index in [2.05, 4.69) is 30.9 Å². The van der Waals surface area contributed by atoms with Gasteiger partial charge >= 0.3 is 6.03 Å². The second-order valence-corrected chi connectivity index (χ2v) is 7.16. The highest BCUT2D eigenvalue weighted by Gasteiger charge is 2.32. The van der Waals surface area contributed by atoms with Crippen molar-refractivity contribution in [2.75, 3.05) is 26.7 Å². The highest BCUT2D eigenvalue weighted by atomic mass is 16.2. The molecule has 2 atom stereocenters. The van der Waals surface area contributed by atoms with Gasteiger partial charge in [-0.05, 0) is 12.8 Å². The number of urea groups is 1. The first-order valence-electron chi connectivity index (χ1n) is 10.1. The number of likely N-dealkylation sites (N-methyl/N-ethyl adjacent to an activating group) is 1. The number of amides is 5. The van der Waals surface area contributed by atoms with Crippen molar-refractivity contribution in [2.45, 2.75) is 37.8 Å². The average molecular weight is 469 g/mol. The van der Waals surface area contributed by atoms with E-state index in [0.29, 0.717) is 19.4 Å². The van der Waals surface area contributed by atoms with Gasteiger partial charge in [-0.3, -0.25) is 35.0 Å². The lowest BCUT2D eigenvalue weighted by atomic mass is 10.1. The fourth-order valence-electron chi connectivity index (χ4n) is 2.87. The average Bonchev–Trinajstić information content (AvgIpc) is 2.69. The Balaban J connectivity index is 2.75. The van der Waals surface area contributed by atoms with Crippen LogP contribution in [0, 0.1) is 0 Å². The van der Waals surface area contributed by atoms with E-state index in [9.17, 15) is 19.2 Å². The molecule has 16 heteroatoms. The van der Waals surface area contributed by atoms with E-state index < -0.39 is 29.9 Å². The van der Waals surface area contributed by atoms with Crippen molar-refractivity contribution in [3.63, 3.8) is 0 Å². The standard InChI is InChI=1S/C17H32N12O4/c1-29(10-8-25-17(27-13(10)32)28-16(22)33)12(31)7-9(3-2-5-23-14(18)19)26-11(30)4-6-24-15(20)21/h9-10H,2-8H2,1H3,(H,26,30)(H4,18,19,23)(H4,20,21,24)(H4,22,25,27,28,32,33)/t9-,10?/m0/s1. The summed E-state index contributed by atoms with van der Waals surface area (Å²) in [6.45, 7) is 0.358. The van der Waals surface area contributed by atoms with Crippen LogP contribution in [0.15, 0.2) is 15.0 Å². The van der Waals surface area contributed by atoms with E-state index in [0.717, 1.165) is 0 Å². The minimum Gasteiger partial charge on any atom is -0.370 e. The van der Waals surface area contributed by atoms with Crippen molar-refractivity contribution in [2.24, 2.45) is 43.6 Å². The van der Waals surface area contributed by atoms with Gasteiger partial charge in [0.2, 0.25) is 17.8 Å². The summed E-state index contributed by atoms with van der Waals surface area (Å²) < 4.78 is 0. The van der Waals surface area contributed by atoms with Gasteiger partial charge in [0.25, 0.3) is 5.91 Å². The first-order chi connectivity index (χ1) is 15.5. The number of hydrogen-bond acceptors (Lipinski definition) is 7. The molecule has 5 amide bonds. The predicted molar refractivity (Wildman–Crippen MR) is 121 cm³/mol. The molecule has 0 aromatic rings. The third-order valence-electron chi connectivity index (χ3n) is 4.49. The van der Waals surface area contributed by atoms with Crippen molar-refractivity contribution < 1.29 is 19.2 Å². The van der Waals surface area contributed by atoms with Gasteiger partial charge in [-0.1, -0.05) is 0 Å². The van der Waals surface area contributed by atoms with Gasteiger partial charge in [-0.2, -0.15) is 0 Å². The minimum atomic E-state index is -0.893. The number of aliphatic imine (C=N–C) groups is 3. The van der Waals surface area contributed by atoms with Crippen molar-refractivity contribution in [1.29, 1.82) is 0 Å². The molecular weight excluding hydrogens is 436 g/mol. The normalized spacial score (nSPS) is 15.8. The molecule has 0 saturated heterocycles. The first kappa shape index (κ1) is 26.9. The molecule has 0 aliphatic carbocycles. The van der Waals surface area contributed by atoms with Crippen molar-refractivity contribution in [1.82, 2.24) is 20.9 Å². The summed E-state index contributed by atoms with van der Waals surface area (Å²) in [7, 11) is 1.45. The zero-order valence-corrected chi connectivity index (χ0v) is 18.4. The number of primary amides is 1. The quantitative estimate of drug-likeness (QED) is 0.0829. The third-order valence-corrected chi connectivity index (χ3v) is 4.49. The molecule has 1 unspecified atom stereocenters. The second-order valence-electron chi connectivity index (χ2n) is 7.16. The number of carbonyl (C=O) groups is 4. The van der Waals surface area contributed by atoms with Crippen LogP contribution in [0.5, 0.6) is 0 Å². The number of nitrogens with zero attached hydrogens (tertiary/aromatic N) is 4. The number of hydrogen-bond donors (Lipinski definition) is 8. The van der Waals surface area contributed by atoms with Crippen LogP contribution in [0.25, 0.3) is 0 Å². The lowest BCUT2D eigenvalue weighted by Gasteiger charge is -2.30. The number of rotatable bonds is 11. The molecule has 16 nitrogen and oxygen atoms in total. The van der Waals surface area contributed by atoms with Crippen molar-refractivity contribution >= 4 is 41.6 Å². The Morgan fingerprint density at radius 1 is 1.15 bits per heavy atom. The van der Waals surface area contributed by atoms with E-state index in [-0.39, 0.29) is 49.7 Å². The summed E-state index contributed by atoms with van der Waals surface area (Å²) in [5.74, 6) is -1.54. The summed E-state index contributed by atoms with van der Waals surface area (Å²) in [5.41, 5.74) is 26.1. The number of nitrogens with two attached hydrogens (primary N) is 5. The van der Waals surface area contributed by atoms with Crippen LogP contribution >= 0.6 is 0 Å². The summed E-state index contributed by atoms with van der Waals surface area (Å²) in [6.07, 6.45) is 0.865. The SMILES string of the molecule is CN(C(=O)C[C@H](CCCN=C(N)N)NC(=O)CCN=C(N)N)C1CN=C(NC(N)=O)NC1=O. The van der Waals surface area contributed by atoms with Gasteiger partial charge in [0.15, 0.2) is 11.9 Å². The van der Waals surface area contributed by atoms with Crippen molar-refractivity contribution in [3.8, 4) is 0 Å². The van der Waals surface area contributed by atoms with E-state index in [1.807, 2.05) is 0 Å². The third kappa shape index (κ3) is 10.7. The van der Waals surface area contributed by atoms with Crippen LogP contribution in [-0.2, 0) is 14.4 Å². The van der Waals surface area contributed by atoms with Crippen molar-refractivity contribution in [3.05, 3.63) is 0 Å². The predicted octanol–water partition coefficient (Wildman–Crippen LogP) is -4.44. The molecule has 13 N–H and O–H groups in total. The van der Waals surface area contributed by atoms with Crippen LogP contribution in [0.3, 0.4) is 0 Å². The maximum atomic E-state index is 12.8. The zero-order valence-electron chi connectivity index (χ0n) is 18.4. The monoisotopic (exact) mass is 468 g/mol. The summed E-state index contributed by atoms with van der Waals surface area (Å²) in [6, 6.07) is -2.31. The minimum absolute atomic E-state index is 0.0295. The molecule has 1 aliphatic rings. The van der Waals surface area contributed by atoms with Crippen LogP contribution in [0.1, 0.15) is 25.7 Å². The fourth-order valence-corrected chi connectivity index (χ4v) is 2.87. The number of nitrogens with one attached hydrogen (secondary N) is 3. The molecule has 184 valence electrons. The molecule has 1 rings (SSSR count). The Bertz CT molecular complexity index is 817. The molecule has 1 aliphatic heterocycles. The maximum absolute atomic E-state index is 12.8. The Kier molecular flexibility index (Phi) is 10.9. The second kappa shape index (κ2) is 13.3. The van der Waals surface area contributed by atoms with Gasteiger partial charge in [0, 0.05) is 32.5 Å². The topological polar surface area (TPSA) is 275 Å². The lowest BCUT2D eigenvalue weighted by Crippen LogP contribution is -2.58. The molecule has 0 aromatic heterocycles. The van der Waals surface area contributed by atoms with Gasteiger partial charge in [0.1, 0.15) is 6.04 Å². The van der Waals surface area contributed by atoms with E-state index in [4.69, 9.17) is 28.7 Å². The van der Waals surface area contributed by atoms with Crippen LogP contribution < -0.4 is 44.6 Å². The molecule has 0 aromatic carbocycles. The Hall–Kier alpha value is -4.11. The van der Waals surface area contributed by atoms with Crippen LogP contribution in [0.2, 0.25) is 0 Å². The summed E-state index contributed by atoms with van der Waals surface area (Å²) >= 11 is 0. The lowest BCUT2D eigenvalue weighted by molar-refractivity contribution is -0.139. The Morgan fingerprint density at radius 2 is 1.79 bits per heavy atom. The molecule has 0 saturated carbocycles. The van der Waals surface area contributed by atoms with Crippen LogP contribution in [-0.4, -0.2) is 85.3 Å². The highest BCUT2D eigenvalue weighted by molar-refractivity contribution is 6.07. The first-order valence-corrected chi connectivity index (χ1v) is 10.1. The van der Waals surface area contributed by atoms with Gasteiger partial charge in [0.05, 0.1) is 13.1 Å². The molecule has 0 radical (unpaired) electrons. The van der Waals surface area contributed by atoms with Gasteiger partial charge < -0.3 is 38.9 Å². The van der Waals surface area contributed by atoms with Gasteiger partial charge in [-0.15, -0.1) is 0 Å². The Labute approximate surface area is 190 Å². The molecule has 0 spiro atoms. The highest BCUT2D eigenvalue weighted by Crippen LogP contribution is 2.10. The fraction of sp³-hybridized carbons (Fsp3) is 0.588. The number of carbonyl (C=O) groups excluding carboxylic acids is 4. The zero-order chi connectivity index (χ0) is 25.0. The summed E-state index contributed by atoms with van der Waals surface area (Å²) in [4.78, 5) is 61.1. The molecular formula is C17H32N12O4. The van der Waals surface area contributed by atoms with E-state index >= 15 is 0 Å². The molecule has 1 heterocycles. The molecule has 0 bridgehead atoms. The maximum Gasteiger partial charge on any atom is 0.318 e. The van der Waals surface area contributed by atoms with E-state index in [1.165, 1.54) is 11.9 Å². The van der Waals surface area contributed by atoms with Crippen LogP contribution in [0.4, 0.5) is 4.79 Å². The van der Waals surface area contributed by atoms with Gasteiger partial charge in [-0.25, -0.2) is 9.79 Å². The van der Waals surface area contributed by atoms with E-state index in [1.54, 1.807) is 0 Å². The number of guanidine groups is 3.